The van der Waals surface area contributed by atoms with Crippen molar-refractivity contribution < 1.29 is 17.2 Å². The third kappa shape index (κ3) is 42.7. The second-order valence-electron chi connectivity index (χ2n) is 12.0. The van der Waals surface area contributed by atoms with Crippen LogP contribution in [-0.4, -0.2) is 37.8 Å². The van der Waals surface area contributed by atoms with Crippen molar-refractivity contribution in [1.82, 2.24) is 0 Å². The molecule has 0 aromatic heterocycles. The first kappa shape index (κ1) is 42.4. The average molecular weight is 609 g/mol. The van der Waals surface area contributed by atoms with Crippen LogP contribution in [0.2, 0.25) is 0 Å². The van der Waals surface area contributed by atoms with Crippen molar-refractivity contribution in [3.8, 4) is 0 Å². The molecule has 0 spiro atoms. The van der Waals surface area contributed by atoms with Crippen molar-refractivity contribution in [3.05, 3.63) is 0 Å². The van der Waals surface area contributed by atoms with E-state index in [1.54, 1.807) is 0 Å². The lowest BCUT2D eigenvalue weighted by Gasteiger charge is -2.05. The van der Waals surface area contributed by atoms with Gasteiger partial charge in [0.25, 0.3) is 0 Å². The summed E-state index contributed by atoms with van der Waals surface area (Å²) in [5.74, 6) is 3.02. The number of hydrogen-bond acceptors (Lipinski definition) is 4. The van der Waals surface area contributed by atoms with E-state index in [0.717, 1.165) is 7.11 Å². The zero-order valence-electron chi connectivity index (χ0n) is 27.7. The van der Waals surface area contributed by atoms with Crippen LogP contribution in [0.15, 0.2) is 0 Å². The van der Waals surface area contributed by atoms with Crippen molar-refractivity contribution in [2.24, 2.45) is 0 Å². The van der Waals surface area contributed by atoms with Gasteiger partial charge < -0.3 is 4.55 Å². The van der Waals surface area contributed by atoms with E-state index in [2.05, 4.69) is 24.3 Å². The molecule has 0 aliphatic heterocycles. The highest BCUT2D eigenvalue weighted by atomic mass is 32.3. The third-order valence-corrected chi connectivity index (χ3v) is 10.3. The maximum atomic E-state index is 9.22. The number of hydrogen-bond donors (Lipinski definition) is 0. The van der Waals surface area contributed by atoms with E-state index in [1.165, 1.54) is 191 Å². The maximum absolute atomic E-state index is 9.22. The van der Waals surface area contributed by atoms with Gasteiger partial charge in [-0.15, -0.1) is 0 Å². The third-order valence-electron chi connectivity index (χ3n) is 7.90. The highest BCUT2D eigenvalue weighted by molar-refractivity contribution is 7.96. The van der Waals surface area contributed by atoms with Gasteiger partial charge in [-0.3, -0.25) is 4.18 Å². The molecular formula is C34H72O4S2. The van der Waals surface area contributed by atoms with Crippen LogP contribution < -0.4 is 0 Å². The zero-order chi connectivity index (χ0) is 30.0. The Morgan fingerprint density at radius 1 is 0.450 bits per heavy atom. The largest absolute Gasteiger partial charge is 0.726 e. The highest BCUT2D eigenvalue weighted by Gasteiger charge is 2.09. The van der Waals surface area contributed by atoms with Crippen molar-refractivity contribution in [1.29, 1.82) is 0 Å². The lowest BCUT2D eigenvalue weighted by atomic mass is 10.0. The van der Waals surface area contributed by atoms with Gasteiger partial charge in [-0.1, -0.05) is 168 Å². The summed E-state index contributed by atoms with van der Waals surface area (Å²) in [7, 11) is -2.91. The molecule has 0 aromatic carbocycles. The Balaban J connectivity index is 0. The lowest BCUT2D eigenvalue weighted by Crippen LogP contribution is -2.10. The fourth-order valence-corrected chi connectivity index (χ4v) is 6.79. The first-order valence-electron chi connectivity index (χ1n) is 17.5. The molecule has 40 heavy (non-hydrogen) atoms. The summed E-state index contributed by atoms with van der Waals surface area (Å²) in [5, 5.41) is 0. The van der Waals surface area contributed by atoms with Crippen LogP contribution in [0, 0.1) is 0 Å². The summed E-state index contributed by atoms with van der Waals surface area (Å²) in [4.78, 5) is 0. The van der Waals surface area contributed by atoms with Gasteiger partial charge >= 0.3 is 0 Å². The van der Waals surface area contributed by atoms with Crippen molar-refractivity contribution >= 4 is 21.3 Å². The van der Waals surface area contributed by atoms with E-state index in [-0.39, 0.29) is 0 Å². The van der Waals surface area contributed by atoms with Crippen LogP contribution in [0.25, 0.3) is 0 Å². The maximum Gasteiger partial charge on any atom is 0.217 e. The van der Waals surface area contributed by atoms with Crippen molar-refractivity contribution in [2.75, 3.05) is 24.9 Å². The average Bonchev–Trinajstić information content (AvgIpc) is 2.93. The Kier molecular flexibility index (Phi) is 37.5. The molecule has 0 fully saturated rings. The molecule has 244 valence electrons. The second kappa shape index (κ2) is 35.4. The minimum Gasteiger partial charge on any atom is -0.726 e. The van der Waals surface area contributed by atoms with Crippen LogP contribution in [0.5, 0.6) is 0 Å². The quantitative estimate of drug-likeness (QED) is 0.0340. The minimum atomic E-state index is -4.41. The summed E-state index contributed by atoms with van der Waals surface area (Å²) in [6.45, 7) is 4.62. The Morgan fingerprint density at radius 3 is 0.800 bits per heavy atom. The first-order chi connectivity index (χ1) is 19.4. The van der Waals surface area contributed by atoms with Gasteiger partial charge in [-0.25, -0.2) is 8.42 Å². The summed E-state index contributed by atoms with van der Waals surface area (Å²) < 4.78 is 31.0. The van der Waals surface area contributed by atoms with Crippen molar-refractivity contribution in [2.45, 2.75) is 194 Å². The van der Waals surface area contributed by atoms with Gasteiger partial charge in [-0.2, -0.15) is 0 Å². The predicted molar refractivity (Wildman–Crippen MR) is 180 cm³/mol. The topological polar surface area (TPSA) is 66.4 Å². The normalized spacial score (nSPS) is 12.3. The molecule has 0 aliphatic carbocycles. The first-order valence-corrected chi connectivity index (χ1v) is 20.8. The molecule has 1 atom stereocenters. The molecule has 0 aromatic rings. The van der Waals surface area contributed by atoms with Crippen LogP contribution in [0.4, 0.5) is 0 Å². The summed E-state index contributed by atoms with van der Waals surface area (Å²) in [6, 6.07) is 0. The fourth-order valence-electron chi connectivity index (χ4n) is 5.19. The van der Waals surface area contributed by atoms with Gasteiger partial charge in [0, 0.05) is 0 Å². The Labute approximate surface area is 256 Å². The van der Waals surface area contributed by atoms with Gasteiger partial charge in [0.2, 0.25) is 10.4 Å². The SMILES string of the molecule is CCCCCCCCCCCCCCCCCC[S+](C)CCCCCCCCCCCCCC.COS(=O)(=O)[O-]. The molecule has 0 saturated carbocycles. The molecule has 0 rings (SSSR count). The summed E-state index contributed by atoms with van der Waals surface area (Å²) in [5.41, 5.74) is 0. The van der Waals surface area contributed by atoms with Crippen molar-refractivity contribution in [3.63, 3.8) is 0 Å². The minimum absolute atomic E-state index is 0.698. The monoisotopic (exact) mass is 608 g/mol. The predicted octanol–water partition coefficient (Wildman–Crippen LogP) is 11.3. The van der Waals surface area contributed by atoms with Crippen LogP contribution in [0.3, 0.4) is 0 Å². The van der Waals surface area contributed by atoms with E-state index < -0.39 is 10.4 Å². The molecule has 6 heteroatoms. The molecule has 4 nitrogen and oxygen atoms in total. The van der Waals surface area contributed by atoms with E-state index in [4.69, 9.17) is 0 Å². The van der Waals surface area contributed by atoms with E-state index in [1.807, 2.05) is 0 Å². The Bertz CT molecular complexity index is 554. The highest BCUT2D eigenvalue weighted by Crippen LogP contribution is 2.15. The summed E-state index contributed by atoms with van der Waals surface area (Å²) >= 11 is 0. The van der Waals surface area contributed by atoms with E-state index in [9.17, 15) is 13.0 Å². The van der Waals surface area contributed by atoms with E-state index in [0.29, 0.717) is 10.9 Å². The Morgan fingerprint density at radius 2 is 0.625 bits per heavy atom. The standard InChI is InChI=1S/C33H69S.CH4O4S/c1-4-6-8-10-12-14-16-18-19-20-21-23-25-27-29-31-33-34(3)32-30-28-26-24-22-17-15-13-11-9-7-5-2;1-5-6(2,3)4/h4-33H2,1-3H3;1H3,(H,2,3,4)/q+1;/p-1. The van der Waals surface area contributed by atoms with Gasteiger partial charge in [0.15, 0.2) is 0 Å². The van der Waals surface area contributed by atoms with E-state index >= 15 is 0 Å². The Hall–Kier alpha value is 0.220. The molecule has 0 saturated heterocycles. The molecule has 0 amide bonds. The molecule has 1 unspecified atom stereocenters. The smallest absolute Gasteiger partial charge is 0.217 e. The molecule has 0 N–H and O–H groups in total. The van der Waals surface area contributed by atoms with Crippen LogP contribution in [-0.2, 0) is 25.5 Å². The van der Waals surface area contributed by atoms with Gasteiger partial charge in [0.1, 0.15) is 11.5 Å². The number of rotatable bonds is 31. The lowest BCUT2D eigenvalue weighted by molar-refractivity contribution is 0.314. The van der Waals surface area contributed by atoms with Crippen LogP contribution >= 0.6 is 0 Å². The molecule has 0 bridgehead atoms. The number of unbranched alkanes of at least 4 members (excludes halogenated alkanes) is 26. The fraction of sp³-hybridized carbons (Fsp3) is 1.00. The van der Waals surface area contributed by atoms with Gasteiger partial charge in [-0.05, 0) is 36.6 Å². The van der Waals surface area contributed by atoms with Crippen LogP contribution in [0.1, 0.15) is 194 Å². The van der Waals surface area contributed by atoms with Gasteiger partial charge in [0.05, 0.1) is 13.4 Å². The molecule has 0 radical (unpaired) electrons. The molecular weight excluding hydrogens is 537 g/mol. The molecule has 0 aliphatic rings. The second-order valence-corrected chi connectivity index (χ2v) is 15.5. The molecule has 0 heterocycles. The zero-order valence-corrected chi connectivity index (χ0v) is 29.3. The summed E-state index contributed by atoms with van der Waals surface area (Å²) in [6.07, 6.45) is 43.9.